The van der Waals surface area contributed by atoms with Crippen LogP contribution in [0.4, 0.5) is 0 Å². The Balaban J connectivity index is 2.69. The quantitative estimate of drug-likeness (QED) is 0.753. The minimum atomic E-state index is 0.474. The average Bonchev–Trinajstić information content (AvgIpc) is 2.37. The van der Waals surface area contributed by atoms with Crippen LogP contribution < -0.4 is 14.8 Å². The van der Waals surface area contributed by atoms with Crippen LogP contribution in [0.3, 0.4) is 0 Å². The summed E-state index contributed by atoms with van der Waals surface area (Å²) in [4.78, 5) is 0. The first-order chi connectivity index (χ1) is 8.67. The summed E-state index contributed by atoms with van der Waals surface area (Å²) >= 11 is 0. The molecule has 0 aromatic heterocycles. The van der Waals surface area contributed by atoms with E-state index in [1.165, 1.54) is 5.56 Å². The largest absolute Gasteiger partial charge is 0.493 e. The van der Waals surface area contributed by atoms with E-state index in [0.717, 1.165) is 18.0 Å². The van der Waals surface area contributed by atoms with Gasteiger partial charge in [-0.3, -0.25) is 0 Å². The molecule has 3 nitrogen and oxygen atoms in total. The molecule has 0 bridgehead atoms. The minimum absolute atomic E-state index is 0.474. The predicted octanol–water partition coefficient (Wildman–Crippen LogP) is 3.15. The number of nitrogens with one attached hydrogen (secondary N) is 1. The lowest BCUT2D eigenvalue weighted by Crippen LogP contribution is -2.21. The molecule has 18 heavy (non-hydrogen) atoms. The Morgan fingerprint density at radius 3 is 2.67 bits per heavy atom. The lowest BCUT2D eigenvalue weighted by molar-refractivity contribution is 0.326. The summed E-state index contributed by atoms with van der Waals surface area (Å²) in [6.45, 7) is 7.64. The minimum Gasteiger partial charge on any atom is -0.493 e. The second kappa shape index (κ2) is 7.77. The van der Waals surface area contributed by atoms with Crippen molar-refractivity contribution in [3.8, 4) is 11.5 Å². The number of benzene rings is 1. The van der Waals surface area contributed by atoms with Gasteiger partial charge in [-0.1, -0.05) is 32.1 Å². The summed E-state index contributed by atoms with van der Waals surface area (Å²) in [6.07, 6.45) is 3.93. The van der Waals surface area contributed by atoms with Crippen LogP contribution in [0.5, 0.6) is 11.5 Å². The molecule has 0 aliphatic carbocycles. The molecule has 0 spiro atoms. The van der Waals surface area contributed by atoms with Gasteiger partial charge in [0.15, 0.2) is 11.5 Å². The molecular weight excluding hydrogens is 226 g/mol. The third kappa shape index (κ3) is 4.80. The Kier molecular flexibility index (Phi) is 6.29. The van der Waals surface area contributed by atoms with E-state index in [-0.39, 0.29) is 0 Å². The van der Waals surface area contributed by atoms with E-state index in [4.69, 9.17) is 9.47 Å². The topological polar surface area (TPSA) is 30.5 Å². The monoisotopic (exact) mass is 249 g/mol. The van der Waals surface area contributed by atoms with Crippen molar-refractivity contribution in [2.45, 2.75) is 33.4 Å². The molecule has 0 atom stereocenters. The Bertz CT molecular complexity index is 386. The lowest BCUT2D eigenvalue weighted by Gasteiger charge is -2.12. The van der Waals surface area contributed by atoms with E-state index >= 15 is 0 Å². The van der Waals surface area contributed by atoms with Crippen LogP contribution in [0.1, 0.15) is 26.3 Å². The first-order valence-corrected chi connectivity index (χ1v) is 6.31. The van der Waals surface area contributed by atoms with E-state index in [1.807, 2.05) is 31.2 Å². The Hall–Kier alpha value is -1.48. The summed E-state index contributed by atoms with van der Waals surface area (Å²) in [5, 5.41) is 3.38. The van der Waals surface area contributed by atoms with Gasteiger partial charge in [0.05, 0.1) is 7.11 Å². The molecule has 0 unspecified atom stereocenters. The third-order valence-electron chi connectivity index (χ3n) is 2.51. The van der Waals surface area contributed by atoms with Crippen molar-refractivity contribution in [2.75, 3.05) is 13.7 Å². The van der Waals surface area contributed by atoms with Gasteiger partial charge < -0.3 is 14.8 Å². The summed E-state index contributed by atoms with van der Waals surface area (Å²) in [6, 6.07) is 6.50. The molecule has 3 heteroatoms. The third-order valence-corrected chi connectivity index (χ3v) is 2.51. The molecule has 0 fully saturated rings. The van der Waals surface area contributed by atoms with Crippen LogP contribution in [-0.2, 0) is 6.54 Å². The molecule has 1 aromatic carbocycles. The van der Waals surface area contributed by atoms with Gasteiger partial charge in [-0.25, -0.2) is 0 Å². The van der Waals surface area contributed by atoms with Crippen LogP contribution in [0.15, 0.2) is 30.4 Å². The molecule has 0 heterocycles. The van der Waals surface area contributed by atoms with Gasteiger partial charge in [0.25, 0.3) is 0 Å². The first kappa shape index (κ1) is 14.6. The van der Waals surface area contributed by atoms with Gasteiger partial charge in [-0.2, -0.15) is 0 Å². The Labute approximate surface area is 110 Å². The van der Waals surface area contributed by atoms with E-state index in [2.05, 4.69) is 25.2 Å². The van der Waals surface area contributed by atoms with E-state index in [9.17, 15) is 0 Å². The first-order valence-electron chi connectivity index (χ1n) is 6.31. The predicted molar refractivity (Wildman–Crippen MR) is 75.3 cm³/mol. The molecule has 0 amide bonds. The van der Waals surface area contributed by atoms with Crippen LogP contribution in [0.2, 0.25) is 0 Å². The summed E-state index contributed by atoms with van der Waals surface area (Å²) in [5.74, 6) is 1.56. The van der Waals surface area contributed by atoms with Crippen LogP contribution in [0, 0.1) is 0 Å². The van der Waals surface area contributed by atoms with Crippen molar-refractivity contribution in [1.29, 1.82) is 0 Å². The van der Waals surface area contributed by atoms with Gasteiger partial charge in [0.2, 0.25) is 0 Å². The van der Waals surface area contributed by atoms with Gasteiger partial charge in [-0.15, -0.1) is 0 Å². The number of hydrogen-bond acceptors (Lipinski definition) is 3. The SMILES string of the molecule is C/C=C/COc1ccc(CNC(C)C)cc1OC. The number of allylic oxidation sites excluding steroid dienone is 1. The second-order valence-corrected chi connectivity index (χ2v) is 4.40. The molecule has 0 radical (unpaired) electrons. The standard InChI is InChI=1S/C15H23NO2/c1-5-6-9-18-14-8-7-13(10-15(14)17-4)11-16-12(2)3/h5-8,10,12,16H,9,11H2,1-4H3/b6-5+. The zero-order valence-corrected chi connectivity index (χ0v) is 11.7. The Morgan fingerprint density at radius 2 is 2.06 bits per heavy atom. The van der Waals surface area contributed by atoms with Crippen molar-refractivity contribution in [3.05, 3.63) is 35.9 Å². The van der Waals surface area contributed by atoms with Gasteiger partial charge in [-0.05, 0) is 24.6 Å². The van der Waals surface area contributed by atoms with Crippen molar-refractivity contribution in [1.82, 2.24) is 5.32 Å². The number of rotatable bonds is 7. The zero-order chi connectivity index (χ0) is 13.4. The molecular formula is C15H23NO2. The summed E-state index contributed by atoms with van der Waals surface area (Å²) in [7, 11) is 1.66. The fraction of sp³-hybridized carbons (Fsp3) is 0.467. The van der Waals surface area contributed by atoms with Crippen LogP contribution in [-0.4, -0.2) is 19.8 Å². The molecule has 1 rings (SSSR count). The molecule has 0 saturated carbocycles. The van der Waals surface area contributed by atoms with Gasteiger partial charge >= 0.3 is 0 Å². The molecule has 0 aliphatic rings. The molecule has 1 N–H and O–H groups in total. The van der Waals surface area contributed by atoms with Crippen LogP contribution in [0.25, 0.3) is 0 Å². The zero-order valence-electron chi connectivity index (χ0n) is 11.7. The van der Waals surface area contributed by atoms with E-state index < -0.39 is 0 Å². The highest BCUT2D eigenvalue weighted by Gasteiger charge is 2.05. The highest BCUT2D eigenvalue weighted by atomic mass is 16.5. The van der Waals surface area contributed by atoms with Crippen molar-refractivity contribution in [3.63, 3.8) is 0 Å². The summed E-state index contributed by atoms with van der Waals surface area (Å²) in [5.41, 5.74) is 1.19. The smallest absolute Gasteiger partial charge is 0.161 e. The normalized spacial score (nSPS) is 11.2. The summed E-state index contributed by atoms with van der Waals surface area (Å²) < 4.78 is 11.0. The van der Waals surface area contributed by atoms with Crippen LogP contribution >= 0.6 is 0 Å². The number of hydrogen-bond donors (Lipinski definition) is 1. The van der Waals surface area contributed by atoms with Gasteiger partial charge in [0.1, 0.15) is 6.61 Å². The van der Waals surface area contributed by atoms with Crippen molar-refractivity contribution in [2.24, 2.45) is 0 Å². The maximum absolute atomic E-state index is 5.62. The molecule has 0 aliphatic heterocycles. The number of ether oxygens (including phenoxy) is 2. The fourth-order valence-corrected chi connectivity index (χ4v) is 1.50. The van der Waals surface area contributed by atoms with Crippen molar-refractivity contribution < 1.29 is 9.47 Å². The van der Waals surface area contributed by atoms with Crippen molar-refractivity contribution >= 4 is 0 Å². The molecule has 0 saturated heterocycles. The highest BCUT2D eigenvalue weighted by molar-refractivity contribution is 5.43. The second-order valence-electron chi connectivity index (χ2n) is 4.40. The average molecular weight is 249 g/mol. The maximum atomic E-state index is 5.62. The highest BCUT2D eigenvalue weighted by Crippen LogP contribution is 2.28. The maximum Gasteiger partial charge on any atom is 0.161 e. The van der Waals surface area contributed by atoms with E-state index in [1.54, 1.807) is 7.11 Å². The fourth-order valence-electron chi connectivity index (χ4n) is 1.50. The number of methoxy groups -OCH3 is 1. The lowest BCUT2D eigenvalue weighted by atomic mass is 10.2. The molecule has 1 aromatic rings. The molecule has 100 valence electrons. The Morgan fingerprint density at radius 1 is 1.28 bits per heavy atom. The van der Waals surface area contributed by atoms with Gasteiger partial charge in [0, 0.05) is 12.6 Å². The van der Waals surface area contributed by atoms with E-state index in [0.29, 0.717) is 12.6 Å².